The molecule has 2 aromatic rings. The van der Waals surface area contributed by atoms with Gasteiger partial charge in [-0.2, -0.15) is 10.2 Å². The molecule has 0 radical (unpaired) electrons. The van der Waals surface area contributed by atoms with E-state index in [0.717, 1.165) is 37.7 Å². The molecule has 4 bridgehead atoms. The molecular weight excluding hydrogens is 508 g/mol. The fraction of sp³-hybridized carbons (Fsp3) is 0.600. The van der Waals surface area contributed by atoms with Crippen LogP contribution < -0.4 is 16.0 Å². The number of nitriles is 1. The first-order valence-electron chi connectivity index (χ1n) is 14.2. The van der Waals surface area contributed by atoms with Gasteiger partial charge in [0.2, 0.25) is 5.95 Å². The molecule has 4 aliphatic rings. The maximum Gasteiger partial charge on any atom is 0.407 e. The van der Waals surface area contributed by atoms with Crippen molar-refractivity contribution in [1.82, 2.24) is 15.3 Å². The third-order valence-corrected chi connectivity index (χ3v) is 8.65. The zero-order chi connectivity index (χ0) is 28.5. The summed E-state index contributed by atoms with van der Waals surface area (Å²) in [7, 11) is 0. The van der Waals surface area contributed by atoms with Crippen molar-refractivity contribution in [3.63, 3.8) is 0 Å². The number of carbonyl (C=O) groups excluding carboxylic acids is 1. The van der Waals surface area contributed by atoms with E-state index in [1.165, 1.54) is 6.20 Å². The second-order valence-corrected chi connectivity index (χ2v) is 12.8. The van der Waals surface area contributed by atoms with E-state index in [1.807, 2.05) is 39.0 Å². The number of amides is 1. The van der Waals surface area contributed by atoms with Gasteiger partial charge in [0.25, 0.3) is 0 Å². The molecular formula is C30H40N6O4. The summed E-state index contributed by atoms with van der Waals surface area (Å²) in [6.45, 7) is 6.36. The first-order valence-corrected chi connectivity index (χ1v) is 14.2. The molecule has 5 N–H and O–H groups in total. The van der Waals surface area contributed by atoms with Gasteiger partial charge >= 0.3 is 6.09 Å². The average Bonchev–Trinajstić information content (AvgIpc) is 2.91. The number of aromatic nitrogens is 2. The summed E-state index contributed by atoms with van der Waals surface area (Å²) in [6, 6.07) is 9.69. The van der Waals surface area contributed by atoms with Crippen LogP contribution in [0.1, 0.15) is 75.7 Å². The Morgan fingerprint density at radius 1 is 1.20 bits per heavy atom. The number of aliphatic hydroxyl groups excluding tert-OH is 2. The number of nitrogens with one attached hydrogen (secondary N) is 3. The number of anilines is 2. The lowest BCUT2D eigenvalue weighted by molar-refractivity contribution is -0.0703. The Balaban J connectivity index is 1.24. The molecule has 10 heteroatoms. The Hall–Kier alpha value is -3.42. The molecule has 1 heterocycles. The largest absolute Gasteiger partial charge is 0.444 e. The molecule has 2 unspecified atom stereocenters. The van der Waals surface area contributed by atoms with Crippen molar-refractivity contribution >= 4 is 17.9 Å². The van der Waals surface area contributed by atoms with E-state index in [4.69, 9.17) is 4.74 Å². The van der Waals surface area contributed by atoms with Gasteiger partial charge in [-0.15, -0.1) is 0 Å². The normalized spacial score (nSPS) is 27.5. The molecule has 214 valence electrons. The zero-order valence-electron chi connectivity index (χ0n) is 23.5. The van der Waals surface area contributed by atoms with Gasteiger partial charge in [-0.3, -0.25) is 0 Å². The lowest BCUT2D eigenvalue weighted by Crippen LogP contribution is -2.60. The van der Waals surface area contributed by atoms with Gasteiger partial charge in [0.15, 0.2) is 0 Å². The summed E-state index contributed by atoms with van der Waals surface area (Å²) < 4.78 is 5.55. The van der Waals surface area contributed by atoms with Crippen LogP contribution in [0.4, 0.5) is 16.6 Å². The number of hydrogen-bond donors (Lipinski definition) is 5. The van der Waals surface area contributed by atoms with E-state index in [-0.39, 0.29) is 24.2 Å². The van der Waals surface area contributed by atoms with E-state index >= 15 is 0 Å². The highest BCUT2D eigenvalue weighted by molar-refractivity contribution is 5.68. The van der Waals surface area contributed by atoms with Crippen LogP contribution in [0.5, 0.6) is 0 Å². The van der Waals surface area contributed by atoms with Crippen LogP contribution in [0.15, 0.2) is 30.5 Å². The Labute approximate surface area is 235 Å². The van der Waals surface area contributed by atoms with Crippen LogP contribution in [0.2, 0.25) is 0 Å². The summed E-state index contributed by atoms with van der Waals surface area (Å²) >= 11 is 0. The number of ether oxygens (including phenoxy) is 1. The van der Waals surface area contributed by atoms with Crippen molar-refractivity contribution in [2.45, 2.75) is 77.2 Å². The topological polar surface area (TPSA) is 152 Å². The van der Waals surface area contributed by atoms with E-state index in [1.54, 1.807) is 6.07 Å². The minimum Gasteiger partial charge on any atom is -0.444 e. The Kier molecular flexibility index (Phi) is 7.89. The molecule has 40 heavy (non-hydrogen) atoms. The van der Waals surface area contributed by atoms with Gasteiger partial charge in [-0.05, 0) is 87.2 Å². The summed E-state index contributed by atoms with van der Waals surface area (Å²) in [5.41, 5.74) is 1.44. The molecule has 4 aliphatic carbocycles. The van der Waals surface area contributed by atoms with Crippen LogP contribution in [-0.2, 0) is 11.3 Å². The smallest absolute Gasteiger partial charge is 0.407 e. The SMILES string of the molecule is CC(C)(C)OC(=O)N[C@@H]1[C@@H]2CC3C[C@H]1C[C@](CNc1nc(NCc4ccccc4C(O)CO)ncc1C#N)(C3)C2. The van der Waals surface area contributed by atoms with Gasteiger partial charge in [0, 0.05) is 19.1 Å². The summed E-state index contributed by atoms with van der Waals surface area (Å²) in [4.78, 5) is 21.5. The zero-order valence-corrected chi connectivity index (χ0v) is 23.5. The fourth-order valence-corrected chi connectivity index (χ4v) is 7.34. The quantitative estimate of drug-likeness (QED) is 0.311. The fourth-order valence-electron chi connectivity index (χ4n) is 7.34. The van der Waals surface area contributed by atoms with Crippen molar-refractivity contribution < 1.29 is 19.7 Å². The Bertz CT molecular complexity index is 1260. The van der Waals surface area contributed by atoms with E-state index in [2.05, 4.69) is 32.0 Å². The molecule has 1 amide bonds. The minimum atomic E-state index is -0.962. The third kappa shape index (κ3) is 6.16. The van der Waals surface area contributed by atoms with Crippen LogP contribution in [0, 0.1) is 34.5 Å². The molecule has 0 saturated heterocycles. The maximum atomic E-state index is 12.5. The average molecular weight is 549 g/mol. The van der Waals surface area contributed by atoms with Gasteiger partial charge in [0.05, 0.1) is 12.8 Å². The van der Waals surface area contributed by atoms with Gasteiger partial charge in [-0.1, -0.05) is 24.3 Å². The van der Waals surface area contributed by atoms with Crippen molar-refractivity contribution in [3.05, 3.63) is 47.2 Å². The monoisotopic (exact) mass is 548 g/mol. The predicted octanol–water partition coefficient (Wildman–Crippen LogP) is 4.12. The minimum absolute atomic E-state index is 0.104. The van der Waals surface area contributed by atoms with Crippen LogP contribution in [-0.4, -0.2) is 51.1 Å². The number of carbonyl (C=O) groups is 1. The standard InChI is InChI=1S/C30H40N6O4/c1-29(2,3)40-28(39)35-25-20-8-18-9-21(25)12-30(10-18,11-20)17-34-26-22(13-31)15-33-27(36-26)32-14-19-6-4-5-7-23(19)24(38)16-37/h4-7,15,18,20-21,24-25,37-38H,8-12,14,16-17H2,1-3H3,(H,35,39)(H2,32,33,34,36)/t18?,20-,21+,24?,25-,30+. The second kappa shape index (κ2) is 11.2. The van der Waals surface area contributed by atoms with Crippen LogP contribution in [0.3, 0.4) is 0 Å². The number of rotatable bonds is 9. The molecule has 4 fully saturated rings. The number of benzene rings is 1. The second-order valence-electron chi connectivity index (χ2n) is 12.8. The Morgan fingerprint density at radius 3 is 2.60 bits per heavy atom. The maximum absolute atomic E-state index is 12.5. The lowest BCUT2D eigenvalue weighted by atomic mass is 9.48. The molecule has 6 atom stereocenters. The van der Waals surface area contributed by atoms with Crippen LogP contribution in [0.25, 0.3) is 0 Å². The highest BCUT2D eigenvalue weighted by Gasteiger charge is 2.55. The van der Waals surface area contributed by atoms with Crippen molar-refractivity contribution in [2.24, 2.45) is 23.2 Å². The molecule has 1 aromatic heterocycles. The Morgan fingerprint density at radius 2 is 1.93 bits per heavy atom. The van der Waals surface area contributed by atoms with Crippen LogP contribution >= 0.6 is 0 Å². The van der Waals surface area contributed by atoms with E-state index < -0.39 is 11.7 Å². The number of alkyl carbamates (subject to hydrolysis) is 1. The first-order chi connectivity index (χ1) is 19.1. The predicted molar refractivity (Wildman–Crippen MR) is 150 cm³/mol. The lowest BCUT2D eigenvalue weighted by Gasteiger charge is -2.60. The molecule has 0 aliphatic heterocycles. The first kappa shape index (κ1) is 28.1. The number of nitrogens with zero attached hydrogens (tertiary/aromatic N) is 3. The molecule has 0 spiro atoms. The van der Waals surface area contributed by atoms with E-state index in [0.29, 0.717) is 53.7 Å². The van der Waals surface area contributed by atoms with Gasteiger partial charge < -0.3 is 30.9 Å². The van der Waals surface area contributed by atoms with E-state index in [9.17, 15) is 20.3 Å². The highest BCUT2D eigenvalue weighted by atomic mass is 16.6. The number of aliphatic hydroxyl groups is 2. The van der Waals surface area contributed by atoms with Gasteiger partial charge in [-0.25, -0.2) is 9.78 Å². The molecule has 4 saturated carbocycles. The summed E-state index contributed by atoms with van der Waals surface area (Å²) in [6.07, 6.45) is 5.69. The van der Waals surface area contributed by atoms with Gasteiger partial charge in [0.1, 0.15) is 29.2 Å². The highest BCUT2D eigenvalue weighted by Crippen LogP contribution is 2.60. The van der Waals surface area contributed by atoms with Crippen molar-refractivity contribution in [3.8, 4) is 6.07 Å². The van der Waals surface area contributed by atoms with Crippen molar-refractivity contribution in [1.29, 1.82) is 5.26 Å². The summed E-state index contributed by atoms with van der Waals surface area (Å²) in [5.74, 6) is 2.38. The molecule has 10 nitrogen and oxygen atoms in total. The molecule has 6 rings (SSSR count). The molecule has 1 aromatic carbocycles. The summed E-state index contributed by atoms with van der Waals surface area (Å²) in [5, 5.41) is 39.1. The third-order valence-electron chi connectivity index (χ3n) is 8.65. The van der Waals surface area contributed by atoms with Crippen molar-refractivity contribution in [2.75, 3.05) is 23.8 Å². The number of hydrogen-bond acceptors (Lipinski definition) is 9.